The van der Waals surface area contributed by atoms with Crippen molar-refractivity contribution >= 4 is 46.2 Å². The first-order valence-corrected chi connectivity index (χ1v) is 15.1. The molecule has 0 aromatic heterocycles. The van der Waals surface area contributed by atoms with E-state index >= 15 is 0 Å². The summed E-state index contributed by atoms with van der Waals surface area (Å²) in [5.41, 5.74) is 0.173. The van der Waals surface area contributed by atoms with Crippen LogP contribution in [0, 0.1) is 0 Å². The first-order valence-electron chi connectivity index (χ1n) is 11.4. The maximum Gasteiger partial charge on any atom is 0.364 e. The molecular weight excluding hydrogens is 527 g/mol. The molecule has 0 aliphatic carbocycles. The van der Waals surface area contributed by atoms with Crippen molar-refractivity contribution in [3.63, 3.8) is 0 Å². The van der Waals surface area contributed by atoms with Crippen LogP contribution in [0.1, 0.15) is 36.2 Å². The molecule has 1 atom stereocenters. The Morgan fingerprint density at radius 2 is 1.61 bits per heavy atom. The first kappa shape index (κ1) is 28.1. The molecule has 1 heterocycles. The van der Waals surface area contributed by atoms with Crippen molar-refractivity contribution in [2.45, 2.75) is 26.3 Å². The number of amides is 2. The Kier molecular flexibility index (Phi) is 9.49. The van der Waals surface area contributed by atoms with Gasteiger partial charge in [-0.25, -0.2) is 8.42 Å². The van der Waals surface area contributed by atoms with Crippen LogP contribution in [0.3, 0.4) is 0 Å². The highest BCUT2D eigenvalue weighted by Crippen LogP contribution is 2.61. The molecule has 2 aromatic rings. The Morgan fingerprint density at radius 1 is 1.00 bits per heavy atom. The van der Waals surface area contributed by atoms with E-state index in [-0.39, 0.29) is 53.3 Å². The van der Waals surface area contributed by atoms with Crippen LogP contribution in [0.4, 0.5) is 0 Å². The zero-order chi connectivity index (χ0) is 26.3. The molecule has 36 heavy (non-hydrogen) atoms. The van der Waals surface area contributed by atoms with Gasteiger partial charge in [0.15, 0.2) is 9.84 Å². The number of benzene rings is 2. The molecule has 9 nitrogen and oxygen atoms in total. The Balaban J connectivity index is 2.19. The summed E-state index contributed by atoms with van der Waals surface area (Å²) in [7, 11) is -7.44. The maximum absolute atomic E-state index is 14.0. The summed E-state index contributed by atoms with van der Waals surface area (Å²) in [5.74, 6) is -1.74. The number of nitrogens with one attached hydrogen (secondary N) is 2. The van der Waals surface area contributed by atoms with Crippen molar-refractivity contribution in [2.24, 2.45) is 0 Å². The number of sulfone groups is 1. The summed E-state index contributed by atoms with van der Waals surface area (Å²) in [6, 6.07) is 13.6. The molecule has 0 saturated carbocycles. The quantitative estimate of drug-likeness (QED) is 0.335. The number of rotatable bonds is 10. The smallest absolute Gasteiger partial charge is 0.347 e. The third-order valence-electron chi connectivity index (χ3n) is 5.30. The molecular formula is C24H28ClN2O7PS. The highest BCUT2D eigenvalue weighted by atomic mass is 35.5. The van der Waals surface area contributed by atoms with E-state index in [9.17, 15) is 22.6 Å². The second kappa shape index (κ2) is 12.2. The minimum absolute atomic E-state index is 0.00321. The number of halogens is 1. The topological polar surface area (TPSA) is 128 Å². The van der Waals surface area contributed by atoms with Crippen molar-refractivity contribution in [2.75, 3.05) is 24.7 Å². The van der Waals surface area contributed by atoms with Crippen LogP contribution >= 0.6 is 19.2 Å². The van der Waals surface area contributed by atoms with E-state index < -0.39 is 35.3 Å². The fourth-order valence-electron chi connectivity index (χ4n) is 3.72. The molecule has 0 spiro atoms. The summed E-state index contributed by atoms with van der Waals surface area (Å²) in [4.78, 5) is 26.7. The number of carbonyl (C=O) groups is 2. The second-order valence-corrected chi connectivity index (χ2v) is 12.6. The van der Waals surface area contributed by atoms with Gasteiger partial charge >= 0.3 is 7.60 Å². The Morgan fingerprint density at radius 3 is 2.14 bits per heavy atom. The lowest BCUT2D eigenvalue weighted by molar-refractivity contribution is -0.118. The zero-order valence-electron chi connectivity index (χ0n) is 19.9. The average Bonchev–Trinajstić information content (AvgIpc) is 3.18. The van der Waals surface area contributed by atoms with Crippen molar-refractivity contribution in [3.05, 3.63) is 76.4 Å². The van der Waals surface area contributed by atoms with E-state index in [4.69, 9.17) is 20.6 Å². The van der Waals surface area contributed by atoms with Crippen LogP contribution in [0.2, 0.25) is 5.02 Å². The van der Waals surface area contributed by atoms with Gasteiger partial charge in [0.2, 0.25) is 0 Å². The van der Waals surface area contributed by atoms with Crippen LogP contribution in [0.5, 0.6) is 0 Å². The summed E-state index contributed by atoms with van der Waals surface area (Å²) in [5, 5.41) is 5.48. The SMILES string of the molecule is CCOP(=O)(OCC)/C(=C(\NC(=O)c1ccccc1)C(=O)N[C@@H]1CCS(=O)(=O)C1)c1ccc(Cl)cc1. The second-order valence-electron chi connectivity index (χ2n) is 7.96. The Hall–Kier alpha value is -2.49. The monoisotopic (exact) mass is 554 g/mol. The summed E-state index contributed by atoms with van der Waals surface area (Å²) in [6.45, 7) is 3.24. The van der Waals surface area contributed by atoms with E-state index in [1.165, 1.54) is 24.3 Å². The van der Waals surface area contributed by atoms with E-state index in [2.05, 4.69) is 10.6 Å². The molecule has 12 heteroatoms. The van der Waals surface area contributed by atoms with Gasteiger partial charge in [-0.2, -0.15) is 0 Å². The van der Waals surface area contributed by atoms with Crippen LogP contribution in [0.25, 0.3) is 5.31 Å². The molecule has 0 radical (unpaired) electrons. The molecule has 194 valence electrons. The van der Waals surface area contributed by atoms with E-state index in [1.54, 1.807) is 44.2 Å². The summed E-state index contributed by atoms with van der Waals surface area (Å²) >= 11 is 6.05. The van der Waals surface area contributed by atoms with E-state index in [1.807, 2.05) is 0 Å². The molecule has 1 fully saturated rings. The lowest BCUT2D eigenvalue weighted by atomic mass is 10.1. The van der Waals surface area contributed by atoms with Crippen molar-refractivity contribution in [3.8, 4) is 0 Å². The molecule has 2 aromatic carbocycles. The molecule has 1 saturated heterocycles. The number of hydrogen-bond acceptors (Lipinski definition) is 7. The molecule has 3 rings (SSSR count). The van der Waals surface area contributed by atoms with Crippen molar-refractivity contribution in [1.29, 1.82) is 0 Å². The highest BCUT2D eigenvalue weighted by molar-refractivity contribution is 7.91. The molecule has 0 bridgehead atoms. The van der Waals surface area contributed by atoms with Crippen LogP contribution in [-0.2, 0) is 28.2 Å². The van der Waals surface area contributed by atoms with Crippen molar-refractivity contribution < 1.29 is 31.6 Å². The Bertz CT molecular complexity index is 1270. The molecule has 1 aliphatic rings. The zero-order valence-corrected chi connectivity index (χ0v) is 22.4. The van der Waals surface area contributed by atoms with E-state index in [0.29, 0.717) is 5.02 Å². The van der Waals surface area contributed by atoms with Crippen LogP contribution in [0.15, 0.2) is 60.3 Å². The van der Waals surface area contributed by atoms with Gasteiger partial charge in [0, 0.05) is 16.6 Å². The predicted molar refractivity (Wildman–Crippen MR) is 138 cm³/mol. The Labute approximate surface area is 215 Å². The molecule has 2 N–H and O–H groups in total. The minimum atomic E-state index is -4.15. The fraction of sp³-hybridized carbons (Fsp3) is 0.333. The van der Waals surface area contributed by atoms with Gasteiger partial charge in [0.1, 0.15) is 11.0 Å². The van der Waals surface area contributed by atoms with Gasteiger partial charge in [-0.1, -0.05) is 41.9 Å². The van der Waals surface area contributed by atoms with Gasteiger partial charge in [0.25, 0.3) is 11.8 Å². The fourth-order valence-corrected chi connectivity index (χ4v) is 7.43. The predicted octanol–water partition coefficient (Wildman–Crippen LogP) is 4.01. The first-order chi connectivity index (χ1) is 17.1. The van der Waals surface area contributed by atoms with Crippen LogP contribution < -0.4 is 10.6 Å². The number of hydrogen-bond donors (Lipinski definition) is 2. The molecule has 2 amide bonds. The third-order valence-corrected chi connectivity index (χ3v) is 9.54. The lowest BCUT2D eigenvalue weighted by Crippen LogP contribution is -2.41. The van der Waals surface area contributed by atoms with E-state index in [0.717, 1.165) is 0 Å². The summed E-state index contributed by atoms with van der Waals surface area (Å²) in [6.07, 6.45) is 0.221. The van der Waals surface area contributed by atoms with Gasteiger partial charge in [-0.15, -0.1) is 0 Å². The average molecular weight is 555 g/mol. The van der Waals surface area contributed by atoms with Gasteiger partial charge in [-0.3, -0.25) is 14.2 Å². The van der Waals surface area contributed by atoms with Gasteiger partial charge < -0.3 is 19.7 Å². The molecule has 0 unspecified atom stereocenters. The minimum Gasteiger partial charge on any atom is -0.347 e. The van der Waals surface area contributed by atoms with Crippen molar-refractivity contribution in [1.82, 2.24) is 10.6 Å². The normalized spacial score (nSPS) is 17.8. The lowest BCUT2D eigenvalue weighted by Gasteiger charge is -2.24. The maximum atomic E-state index is 14.0. The largest absolute Gasteiger partial charge is 0.364 e. The summed E-state index contributed by atoms with van der Waals surface area (Å²) < 4.78 is 49.0. The van der Waals surface area contributed by atoms with Gasteiger partial charge in [-0.05, 0) is 50.1 Å². The number of carbonyl (C=O) groups excluding carboxylic acids is 2. The van der Waals surface area contributed by atoms with Crippen LogP contribution in [-0.4, -0.2) is 51.0 Å². The molecule has 1 aliphatic heterocycles. The van der Waals surface area contributed by atoms with Gasteiger partial charge in [0.05, 0.1) is 24.7 Å². The standard InChI is InChI=1S/C24H28ClN2O7PS/c1-3-33-35(30,34-4-2)22(17-10-12-19(25)13-11-17)21(27-23(28)18-8-6-5-7-9-18)24(29)26-20-14-15-36(31,32)16-20/h5-13,20H,3-4,14-16H2,1-2H3,(H,26,29)(H,27,28)/b22-21-/t20-/m1/s1. The third kappa shape index (κ3) is 7.05. The highest BCUT2D eigenvalue weighted by Gasteiger charge is 2.38.